The fourth-order valence-electron chi connectivity index (χ4n) is 3.61. The molecule has 0 radical (unpaired) electrons. The van der Waals surface area contributed by atoms with Gasteiger partial charge in [-0.3, -0.25) is 0 Å². The van der Waals surface area contributed by atoms with Crippen molar-refractivity contribution in [2.75, 3.05) is 0 Å². The summed E-state index contributed by atoms with van der Waals surface area (Å²) >= 11 is 5.75. The maximum absolute atomic E-state index is 5.75. The highest BCUT2D eigenvalue weighted by Crippen LogP contribution is 2.45. The second-order valence-corrected chi connectivity index (χ2v) is 6.16. The molecule has 102 valence electrons. The summed E-state index contributed by atoms with van der Waals surface area (Å²) < 4.78 is 0. The lowest BCUT2D eigenvalue weighted by Gasteiger charge is -2.09. The van der Waals surface area contributed by atoms with Crippen molar-refractivity contribution in [2.24, 2.45) is 0 Å². The molecule has 1 aliphatic rings. The van der Waals surface area contributed by atoms with Crippen LogP contribution < -0.4 is 0 Å². The Bertz CT molecular complexity index is 1000. The van der Waals surface area contributed by atoms with E-state index in [1.165, 1.54) is 43.8 Å². The molecule has 5 rings (SSSR count). The van der Waals surface area contributed by atoms with Gasteiger partial charge in [-0.1, -0.05) is 85.0 Å². The minimum absolute atomic E-state index is 0.974. The first-order chi connectivity index (χ1) is 10.8. The van der Waals surface area contributed by atoms with Crippen molar-refractivity contribution in [3.8, 4) is 11.1 Å². The lowest BCUT2D eigenvalue weighted by atomic mass is 9.94. The van der Waals surface area contributed by atoms with Crippen molar-refractivity contribution in [2.45, 2.75) is 0 Å². The molecule has 0 saturated heterocycles. The molecule has 0 N–H and O–H groups in total. The van der Waals surface area contributed by atoms with Crippen LogP contribution in [0.4, 0.5) is 0 Å². The first-order valence-corrected chi connectivity index (χ1v) is 7.84. The van der Waals surface area contributed by atoms with Crippen molar-refractivity contribution >= 4 is 38.6 Å². The molecule has 4 aromatic rings. The van der Waals surface area contributed by atoms with Crippen LogP contribution in [0.15, 0.2) is 72.8 Å². The van der Waals surface area contributed by atoms with Crippen LogP contribution in [-0.2, 0) is 0 Å². The highest BCUT2D eigenvalue weighted by molar-refractivity contribution is 7.81. The summed E-state index contributed by atoms with van der Waals surface area (Å²) in [5.74, 6) is 0. The van der Waals surface area contributed by atoms with Gasteiger partial charge in [0.25, 0.3) is 0 Å². The average Bonchev–Trinajstić information content (AvgIpc) is 2.88. The van der Waals surface area contributed by atoms with Crippen molar-refractivity contribution in [3.05, 3.63) is 83.9 Å². The Balaban J connectivity index is 2.05. The molecule has 22 heavy (non-hydrogen) atoms. The van der Waals surface area contributed by atoms with Gasteiger partial charge in [0.05, 0.1) is 4.86 Å². The molecule has 0 aliphatic heterocycles. The minimum Gasteiger partial charge on any atom is -0.0787 e. The Hall–Kier alpha value is -2.51. The smallest absolute Gasteiger partial charge is 0.0534 e. The summed E-state index contributed by atoms with van der Waals surface area (Å²) in [5, 5.41) is 5.12. The van der Waals surface area contributed by atoms with Gasteiger partial charge in [0.2, 0.25) is 0 Å². The van der Waals surface area contributed by atoms with E-state index < -0.39 is 0 Å². The van der Waals surface area contributed by atoms with Gasteiger partial charge in [-0.2, -0.15) is 0 Å². The van der Waals surface area contributed by atoms with Crippen LogP contribution in [0.5, 0.6) is 0 Å². The molecular weight excluding hydrogens is 284 g/mol. The first-order valence-electron chi connectivity index (χ1n) is 7.43. The minimum atomic E-state index is 0.974. The summed E-state index contributed by atoms with van der Waals surface area (Å²) in [7, 11) is 0. The number of benzene rings is 4. The fourth-order valence-corrected chi connectivity index (χ4v) is 3.95. The molecule has 0 saturated carbocycles. The van der Waals surface area contributed by atoms with Crippen LogP contribution in [-0.4, -0.2) is 4.86 Å². The lowest BCUT2D eigenvalue weighted by Crippen LogP contribution is -1.92. The largest absolute Gasteiger partial charge is 0.0787 e. The summed E-state index contributed by atoms with van der Waals surface area (Å²) in [6.07, 6.45) is 0. The van der Waals surface area contributed by atoms with Gasteiger partial charge in [-0.15, -0.1) is 0 Å². The molecule has 0 aromatic heterocycles. The normalized spacial score (nSPS) is 12.6. The number of thiocarbonyl (C=S) groups is 1. The Morgan fingerprint density at radius 2 is 0.955 bits per heavy atom. The van der Waals surface area contributed by atoms with Gasteiger partial charge in [0, 0.05) is 11.1 Å². The van der Waals surface area contributed by atoms with E-state index in [9.17, 15) is 0 Å². The second-order valence-electron chi connectivity index (χ2n) is 5.75. The lowest BCUT2D eigenvalue weighted by molar-refractivity contribution is 1.71. The zero-order valence-electron chi connectivity index (χ0n) is 11.8. The van der Waals surface area contributed by atoms with Crippen LogP contribution in [0.25, 0.3) is 32.7 Å². The van der Waals surface area contributed by atoms with Crippen LogP contribution in [0.1, 0.15) is 11.1 Å². The summed E-state index contributed by atoms with van der Waals surface area (Å²) in [4.78, 5) is 0.974. The van der Waals surface area contributed by atoms with E-state index in [1.54, 1.807) is 0 Å². The molecule has 0 atom stereocenters. The van der Waals surface area contributed by atoms with Crippen molar-refractivity contribution < 1.29 is 0 Å². The third-order valence-corrected chi connectivity index (χ3v) is 5.04. The maximum atomic E-state index is 5.75. The molecule has 0 fully saturated rings. The maximum Gasteiger partial charge on any atom is 0.0534 e. The molecule has 0 nitrogen and oxygen atoms in total. The standard InChI is InChI=1S/C21H12S/c22-21-17-11-9-13-5-1-3-7-15(13)19(17)20-16-8-4-2-6-14(16)10-12-18(20)21/h1-12H. The zero-order valence-corrected chi connectivity index (χ0v) is 12.7. The topological polar surface area (TPSA) is 0 Å². The number of hydrogen-bond donors (Lipinski definition) is 0. The number of rotatable bonds is 0. The van der Waals surface area contributed by atoms with E-state index >= 15 is 0 Å². The van der Waals surface area contributed by atoms with Crippen LogP contribution in [0, 0.1) is 0 Å². The highest BCUT2D eigenvalue weighted by atomic mass is 32.1. The monoisotopic (exact) mass is 296 g/mol. The summed E-state index contributed by atoms with van der Waals surface area (Å²) in [6, 6.07) is 25.8. The predicted molar refractivity (Wildman–Crippen MR) is 97.7 cm³/mol. The quantitative estimate of drug-likeness (QED) is 0.328. The zero-order chi connectivity index (χ0) is 14.7. The molecule has 0 unspecified atom stereocenters. The van der Waals surface area contributed by atoms with Gasteiger partial charge >= 0.3 is 0 Å². The molecule has 0 amide bonds. The predicted octanol–water partition coefficient (Wildman–Crippen LogP) is 5.74. The Kier molecular flexibility index (Phi) is 2.33. The van der Waals surface area contributed by atoms with Gasteiger partial charge in [0.1, 0.15) is 0 Å². The van der Waals surface area contributed by atoms with Gasteiger partial charge in [-0.25, -0.2) is 0 Å². The average molecular weight is 296 g/mol. The van der Waals surface area contributed by atoms with E-state index in [0.717, 1.165) is 4.86 Å². The van der Waals surface area contributed by atoms with E-state index in [0.29, 0.717) is 0 Å². The first kappa shape index (κ1) is 12.1. The van der Waals surface area contributed by atoms with E-state index in [4.69, 9.17) is 12.2 Å². The van der Waals surface area contributed by atoms with Crippen LogP contribution >= 0.6 is 12.2 Å². The molecular formula is C21H12S. The third-order valence-electron chi connectivity index (χ3n) is 4.60. The molecule has 0 spiro atoms. The molecule has 1 heteroatoms. The Morgan fingerprint density at radius 3 is 1.45 bits per heavy atom. The van der Waals surface area contributed by atoms with E-state index in [2.05, 4.69) is 72.8 Å². The van der Waals surface area contributed by atoms with Crippen molar-refractivity contribution in [3.63, 3.8) is 0 Å². The highest BCUT2D eigenvalue weighted by Gasteiger charge is 2.26. The van der Waals surface area contributed by atoms with Gasteiger partial charge < -0.3 is 0 Å². The van der Waals surface area contributed by atoms with Crippen LogP contribution in [0.2, 0.25) is 0 Å². The number of hydrogen-bond acceptors (Lipinski definition) is 1. The van der Waals surface area contributed by atoms with E-state index in [1.807, 2.05) is 0 Å². The van der Waals surface area contributed by atoms with Gasteiger partial charge in [0.15, 0.2) is 0 Å². The SMILES string of the molecule is S=C1c2ccc3ccccc3c2-c2c1ccc1ccccc21. The third kappa shape index (κ3) is 1.44. The Morgan fingerprint density at radius 1 is 0.500 bits per heavy atom. The Labute approximate surface area is 134 Å². The van der Waals surface area contributed by atoms with Crippen molar-refractivity contribution in [1.82, 2.24) is 0 Å². The second kappa shape index (κ2) is 4.25. The van der Waals surface area contributed by atoms with Crippen LogP contribution in [0.3, 0.4) is 0 Å². The summed E-state index contributed by atoms with van der Waals surface area (Å²) in [5.41, 5.74) is 4.99. The molecule has 4 aromatic carbocycles. The van der Waals surface area contributed by atoms with Crippen molar-refractivity contribution in [1.29, 1.82) is 0 Å². The van der Waals surface area contributed by atoms with Gasteiger partial charge in [-0.05, 0) is 32.7 Å². The molecule has 0 heterocycles. The molecule has 1 aliphatic carbocycles. The molecule has 0 bridgehead atoms. The number of fused-ring (bicyclic) bond motifs is 7. The fraction of sp³-hybridized carbons (Fsp3) is 0. The van der Waals surface area contributed by atoms with E-state index in [-0.39, 0.29) is 0 Å². The summed E-state index contributed by atoms with van der Waals surface area (Å²) in [6.45, 7) is 0.